The maximum absolute atomic E-state index is 12.0. The summed E-state index contributed by atoms with van der Waals surface area (Å²) in [5, 5.41) is 11.2. The Hall–Kier alpha value is -2.37. The monoisotopic (exact) mass is 292 g/mol. The predicted molar refractivity (Wildman–Crippen MR) is 77.8 cm³/mol. The van der Waals surface area contributed by atoms with E-state index in [0.717, 1.165) is 5.56 Å². The molecule has 4 N–H and O–H groups in total. The Morgan fingerprint density at radius 1 is 1.19 bits per heavy atom. The van der Waals surface area contributed by atoms with Crippen molar-refractivity contribution in [1.29, 1.82) is 0 Å². The summed E-state index contributed by atoms with van der Waals surface area (Å²) in [6.07, 6.45) is -0.443. The Kier molecular flexibility index (Phi) is 5.07. The van der Waals surface area contributed by atoms with Crippen molar-refractivity contribution in [1.82, 2.24) is 5.32 Å². The van der Waals surface area contributed by atoms with Gasteiger partial charge >= 0.3 is 5.97 Å². The van der Waals surface area contributed by atoms with Gasteiger partial charge in [-0.05, 0) is 23.1 Å². The SMILES string of the molecule is CC(C)(C)c1ccc(C(=O)NC(CC(N)=O)C(=O)O)cc1. The minimum atomic E-state index is -1.32. The van der Waals surface area contributed by atoms with Crippen LogP contribution in [0.5, 0.6) is 0 Å². The number of primary amides is 1. The number of carbonyl (C=O) groups is 3. The van der Waals surface area contributed by atoms with Crippen LogP contribution in [-0.4, -0.2) is 28.9 Å². The maximum Gasteiger partial charge on any atom is 0.326 e. The Labute approximate surface area is 123 Å². The van der Waals surface area contributed by atoms with E-state index in [9.17, 15) is 14.4 Å². The van der Waals surface area contributed by atoms with E-state index in [1.165, 1.54) is 0 Å². The third-order valence-electron chi connectivity index (χ3n) is 3.02. The molecule has 21 heavy (non-hydrogen) atoms. The predicted octanol–water partition coefficient (Wildman–Crippen LogP) is 1.04. The average Bonchev–Trinajstić information content (AvgIpc) is 2.36. The maximum atomic E-state index is 12.0. The highest BCUT2D eigenvalue weighted by Gasteiger charge is 2.23. The van der Waals surface area contributed by atoms with Gasteiger partial charge in [0.15, 0.2) is 0 Å². The molecular weight excluding hydrogens is 272 g/mol. The Morgan fingerprint density at radius 2 is 1.71 bits per heavy atom. The summed E-state index contributed by atoms with van der Waals surface area (Å²) in [7, 11) is 0. The lowest BCUT2D eigenvalue weighted by Gasteiger charge is -2.19. The number of nitrogens with two attached hydrogens (primary N) is 1. The molecule has 114 valence electrons. The molecule has 0 radical (unpaired) electrons. The summed E-state index contributed by atoms with van der Waals surface area (Å²) in [5.74, 6) is -2.64. The highest BCUT2D eigenvalue weighted by Crippen LogP contribution is 2.22. The van der Waals surface area contributed by atoms with Crippen molar-refractivity contribution in [3.05, 3.63) is 35.4 Å². The van der Waals surface area contributed by atoms with Crippen molar-refractivity contribution < 1.29 is 19.5 Å². The molecule has 0 saturated carbocycles. The van der Waals surface area contributed by atoms with Gasteiger partial charge in [0.05, 0.1) is 6.42 Å². The normalized spacial score (nSPS) is 12.5. The molecule has 1 aromatic rings. The third kappa shape index (κ3) is 4.91. The van der Waals surface area contributed by atoms with Crippen molar-refractivity contribution in [2.24, 2.45) is 5.73 Å². The van der Waals surface area contributed by atoms with Crippen LogP contribution in [0.15, 0.2) is 24.3 Å². The van der Waals surface area contributed by atoms with Gasteiger partial charge in [-0.15, -0.1) is 0 Å². The molecule has 1 atom stereocenters. The van der Waals surface area contributed by atoms with Crippen LogP contribution in [0.25, 0.3) is 0 Å². The van der Waals surface area contributed by atoms with Crippen molar-refractivity contribution in [3.63, 3.8) is 0 Å². The van der Waals surface area contributed by atoms with Crippen LogP contribution in [0.3, 0.4) is 0 Å². The molecule has 0 saturated heterocycles. The number of benzene rings is 1. The zero-order valence-corrected chi connectivity index (χ0v) is 12.3. The fraction of sp³-hybridized carbons (Fsp3) is 0.400. The second kappa shape index (κ2) is 6.39. The van der Waals surface area contributed by atoms with E-state index in [4.69, 9.17) is 10.8 Å². The molecule has 1 rings (SSSR count). The van der Waals surface area contributed by atoms with Crippen LogP contribution in [0.4, 0.5) is 0 Å². The van der Waals surface area contributed by atoms with Gasteiger partial charge in [0.25, 0.3) is 5.91 Å². The number of nitrogens with one attached hydrogen (secondary N) is 1. The highest BCUT2D eigenvalue weighted by atomic mass is 16.4. The lowest BCUT2D eigenvalue weighted by Crippen LogP contribution is -2.43. The summed E-state index contributed by atoms with van der Waals surface area (Å²) >= 11 is 0. The second-order valence-electron chi connectivity index (χ2n) is 5.86. The van der Waals surface area contributed by atoms with Gasteiger partial charge in [-0.25, -0.2) is 4.79 Å². The van der Waals surface area contributed by atoms with E-state index in [1.807, 2.05) is 12.1 Å². The van der Waals surface area contributed by atoms with Crippen LogP contribution in [0.1, 0.15) is 43.1 Å². The quantitative estimate of drug-likeness (QED) is 0.753. The number of hydrogen-bond acceptors (Lipinski definition) is 3. The molecule has 6 nitrogen and oxygen atoms in total. The molecule has 0 aromatic heterocycles. The number of carboxylic acid groups (broad SMARTS) is 1. The van der Waals surface area contributed by atoms with E-state index in [0.29, 0.717) is 5.56 Å². The Balaban J connectivity index is 2.83. The number of carbonyl (C=O) groups excluding carboxylic acids is 2. The molecule has 0 aliphatic carbocycles. The van der Waals surface area contributed by atoms with Gasteiger partial charge in [0, 0.05) is 5.56 Å². The summed E-state index contributed by atoms with van der Waals surface area (Å²) in [5.41, 5.74) is 6.32. The van der Waals surface area contributed by atoms with E-state index in [2.05, 4.69) is 26.1 Å². The van der Waals surface area contributed by atoms with E-state index < -0.39 is 30.2 Å². The summed E-state index contributed by atoms with van der Waals surface area (Å²) in [6.45, 7) is 6.15. The minimum absolute atomic E-state index is 0.0371. The molecular formula is C15H20N2O4. The molecule has 0 aliphatic heterocycles. The molecule has 1 aromatic carbocycles. The molecule has 2 amide bonds. The van der Waals surface area contributed by atoms with Crippen LogP contribution in [0, 0.1) is 0 Å². The van der Waals surface area contributed by atoms with Gasteiger partial charge in [0.1, 0.15) is 6.04 Å². The Morgan fingerprint density at radius 3 is 2.10 bits per heavy atom. The fourth-order valence-corrected chi connectivity index (χ4v) is 1.76. The number of carboxylic acids is 1. The molecule has 0 aliphatic rings. The molecule has 1 unspecified atom stereocenters. The first kappa shape index (κ1) is 16.7. The van der Waals surface area contributed by atoms with Gasteiger partial charge in [0.2, 0.25) is 5.91 Å². The Bertz CT molecular complexity index is 544. The first-order valence-electron chi connectivity index (χ1n) is 6.54. The number of amides is 2. The van der Waals surface area contributed by atoms with Crippen LogP contribution >= 0.6 is 0 Å². The first-order chi connectivity index (χ1) is 9.61. The van der Waals surface area contributed by atoms with Gasteiger partial charge in [-0.2, -0.15) is 0 Å². The van der Waals surface area contributed by atoms with Gasteiger partial charge < -0.3 is 16.2 Å². The minimum Gasteiger partial charge on any atom is -0.480 e. The average molecular weight is 292 g/mol. The zero-order valence-electron chi connectivity index (χ0n) is 12.3. The summed E-state index contributed by atoms with van der Waals surface area (Å²) in [6, 6.07) is 5.56. The van der Waals surface area contributed by atoms with Crippen molar-refractivity contribution in [3.8, 4) is 0 Å². The molecule has 0 fully saturated rings. The van der Waals surface area contributed by atoms with Crippen molar-refractivity contribution >= 4 is 17.8 Å². The number of aliphatic carboxylic acids is 1. The van der Waals surface area contributed by atoms with Gasteiger partial charge in [-0.3, -0.25) is 9.59 Å². The lowest BCUT2D eigenvalue weighted by atomic mass is 9.86. The smallest absolute Gasteiger partial charge is 0.326 e. The van der Waals surface area contributed by atoms with Gasteiger partial charge in [-0.1, -0.05) is 32.9 Å². The van der Waals surface area contributed by atoms with E-state index in [-0.39, 0.29) is 5.41 Å². The van der Waals surface area contributed by atoms with Crippen LogP contribution in [0.2, 0.25) is 0 Å². The first-order valence-corrected chi connectivity index (χ1v) is 6.54. The van der Waals surface area contributed by atoms with Crippen LogP contribution in [-0.2, 0) is 15.0 Å². The molecule has 0 bridgehead atoms. The van der Waals surface area contributed by atoms with E-state index in [1.54, 1.807) is 12.1 Å². The number of hydrogen-bond donors (Lipinski definition) is 3. The number of rotatable bonds is 5. The standard InChI is InChI=1S/C15H20N2O4/c1-15(2,3)10-6-4-9(5-7-10)13(19)17-11(14(20)21)8-12(16)18/h4-7,11H,8H2,1-3H3,(H2,16,18)(H,17,19)(H,20,21). The van der Waals surface area contributed by atoms with E-state index >= 15 is 0 Å². The largest absolute Gasteiger partial charge is 0.480 e. The van der Waals surface area contributed by atoms with Crippen molar-refractivity contribution in [2.45, 2.75) is 38.6 Å². The zero-order chi connectivity index (χ0) is 16.2. The fourth-order valence-electron chi connectivity index (χ4n) is 1.76. The second-order valence-corrected chi connectivity index (χ2v) is 5.86. The molecule has 0 heterocycles. The topological polar surface area (TPSA) is 109 Å². The third-order valence-corrected chi connectivity index (χ3v) is 3.02. The molecule has 6 heteroatoms. The van der Waals surface area contributed by atoms with Crippen molar-refractivity contribution in [2.75, 3.05) is 0 Å². The van der Waals surface area contributed by atoms with Crippen LogP contribution < -0.4 is 11.1 Å². The summed E-state index contributed by atoms with van der Waals surface area (Å²) < 4.78 is 0. The lowest BCUT2D eigenvalue weighted by molar-refractivity contribution is -0.140. The molecule has 0 spiro atoms. The highest BCUT2D eigenvalue weighted by molar-refractivity contribution is 5.97. The summed E-state index contributed by atoms with van der Waals surface area (Å²) in [4.78, 5) is 33.7.